The third-order valence-electron chi connectivity index (χ3n) is 2.19. The Labute approximate surface area is 95.9 Å². The van der Waals surface area contributed by atoms with E-state index in [-0.39, 0.29) is 5.41 Å². The first-order chi connectivity index (χ1) is 6.89. The van der Waals surface area contributed by atoms with E-state index in [4.69, 9.17) is 16.4 Å². The molecule has 0 saturated carbocycles. The van der Waals surface area contributed by atoms with Gasteiger partial charge in [-0.2, -0.15) is 0 Å². The lowest BCUT2D eigenvalue weighted by Crippen LogP contribution is -2.17. The summed E-state index contributed by atoms with van der Waals surface area (Å²) in [6.07, 6.45) is 0. The molecule has 0 aliphatic heterocycles. The van der Waals surface area contributed by atoms with Crippen LogP contribution in [0.5, 0.6) is 5.75 Å². The molecule has 0 fully saturated rings. The van der Waals surface area contributed by atoms with Gasteiger partial charge in [0.15, 0.2) is 5.75 Å². The quantitative estimate of drug-likeness (QED) is 0.548. The van der Waals surface area contributed by atoms with Gasteiger partial charge in [-0.3, -0.25) is 0 Å². The van der Waals surface area contributed by atoms with E-state index in [2.05, 4.69) is 25.9 Å². The van der Waals surface area contributed by atoms with E-state index in [0.717, 1.165) is 5.71 Å². The third-order valence-corrected chi connectivity index (χ3v) is 2.44. The molecule has 0 spiro atoms. The second-order valence-corrected chi connectivity index (χ2v) is 4.91. The highest BCUT2D eigenvalue weighted by molar-refractivity contribution is 6.30. The van der Waals surface area contributed by atoms with E-state index in [1.807, 2.05) is 6.92 Å². The minimum absolute atomic E-state index is 0.0342. The largest absolute Gasteiger partial charge is 0.357 e. The van der Waals surface area contributed by atoms with Crippen molar-refractivity contribution in [1.82, 2.24) is 0 Å². The molecule has 0 heterocycles. The van der Waals surface area contributed by atoms with E-state index in [1.165, 1.54) is 0 Å². The van der Waals surface area contributed by atoms with Crippen molar-refractivity contribution in [3.05, 3.63) is 29.3 Å². The average Bonchev–Trinajstić information content (AvgIpc) is 2.15. The van der Waals surface area contributed by atoms with Crippen molar-refractivity contribution in [3.8, 4) is 5.75 Å². The van der Waals surface area contributed by atoms with Gasteiger partial charge in [-0.1, -0.05) is 37.5 Å². The van der Waals surface area contributed by atoms with Gasteiger partial charge < -0.3 is 4.84 Å². The molecule has 0 aliphatic carbocycles. The zero-order chi connectivity index (χ0) is 11.5. The van der Waals surface area contributed by atoms with Crippen molar-refractivity contribution in [3.63, 3.8) is 0 Å². The minimum atomic E-state index is 0.0342. The molecule has 0 atom stereocenters. The number of hydrogen-bond donors (Lipinski definition) is 0. The summed E-state index contributed by atoms with van der Waals surface area (Å²) in [4.78, 5) is 5.28. The maximum Gasteiger partial charge on any atom is 0.158 e. The van der Waals surface area contributed by atoms with Crippen molar-refractivity contribution in [2.75, 3.05) is 0 Å². The molecule has 1 aromatic carbocycles. The average molecular weight is 226 g/mol. The molecule has 0 radical (unpaired) electrons. The van der Waals surface area contributed by atoms with E-state index < -0.39 is 0 Å². The Morgan fingerprint density at radius 1 is 1.20 bits per heavy atom. The number of hydrogen-bond acceptors (Lipinski definition) is 2. The number of rotatable bonds is 2. The molecule has 82 valence electrons. The number of benzene rings is 1. The van der Waals surface area contributed by atoms with Gasteiger partial charge in [0.2, 0.25) is 0 Å². The first kappa shape index (κ1) is 12.1. The molecular weight excluding hydrogens is 210 g/mol. The van der Waals surface area contributed by atoms with Gasteiger partial charge in [0, 0.05) is 10.4 Å². The zero-order valence-corrected chi connectivity index (χ0v) is 10.3. The second-order valence-electron chi connectivity index (χ2n) is 4.47. The monoisotopic (exact) mass is 225 g/mol. The fraction of sp³-hybridized carbons (Fsp3) is 0.417. The smallest absolute Gasteiger partial charge is 0.158 e. The number of oxime groups is 1. The molecular formula is C12H16ClNO. The summed E-state index contributed by atoms with van der Waals surface area (Å²) in [5.74, 6) is 0.697. The second kappa shape index (κ2) is 4.67. The third kappa shape index (κ3) is 3.92. The van der Waals surface area contributed by atoms with Crippen LogP contribution in [0.25, 0.3) is 0 Å². The van der Waals surface area contributed by atoms with Crippen molar-refractivity contribution in [1.29, 1.82) is 0 Å². The van der Waals surface area contributed by atoms with Crippen LogP contribution >= 0.6 is 11.6 Å². The summed E-state index contributed by atoms with van der Waals surface area (Å²) >= 11 is 5.76. The summed E-state index contributed by atoms with van der Waals surface area (Å²) < 4.78 is 0. The molecule has 0 unspecified atom stereocenters. The molecule has 1 rings (SSSR count). The topological polar surface area (TPSA) is 21.6 Å². The van der Waals surface area contributed by atoms with Crippen LogP contribution < -0.4 is 4.84 Å². The van der Waals surface area contributed by atoms with Crippen molar-refractivity contribution >= 4 is 17.3 Å². The highest BCUT2D eigenvalue weighted by atomic mass is 35.5. The lowest BCUT2D eigenvalue weighted by molar-refractivity contribution is 0.332. The predicted molar refractivity (Wildman–Crippen MR) is 64.6 cm³/mol. The van der Waals surface area contributed by atoms with Crippen LogP contribution in [-0.2, 0) is 0 Å². The van der Waals surface area contributed by atoms with Gasteiger partial charge in [0.1, 0.15) is 0 Å². The molecule has 15 heavy (non-hydrogen) atoms. The lowest BCUT2D eigenvalue weighted by Gasteiger charge is -2.16. The SMILES string of the molecule is C/C(=N\Oc1ccc(Cl)cc1)C(C)(C)C. The summed E-state index contributed by atoms with van der Waals surface area (Å²) in [5.41, 5.74) is 0.990. The van der Waals surface area contributed by atoms with Crippen LogP contribution in [0.15, 0.2) is 29.4 Å². The van der Waals surface area contributed by atoms with E-state index in [9.17, 15) is 0 Å². The summed E-state index contributed by atoms with van der Waals surface area (Å²) in [6.45, 7) is 8.24. The highest BCUT2D eigenvalue weighted by Crippen LogP contribution is 2.18. The first-order valence-electron chi connectivity index (χ1n) is 4.87. The maximum absolute atomic E-state index is 5.76. The Balaban J connectivity index is 2.68. The first-order valence-corrected chi connectivity index (χ1v) is 5.25. The fourth-order valence-electron chi connectivity index (χ4n) is 0.754. The summed E-state index contributed by atoms with van der Waals surface area (Å²) in [6, 6.07) is 7.14. The molecule has 0 N–H and O–H groups in total. The standard InChI is InChI=1S/C12H16ClNO/c1-9(12(2,3)4)14-15-11-7-5-10(13)6-8-11/h5-8H,1-4H3/b14-9+. The highest BCUT2D eigenvalue weighted by Gasteiger charge is 2.14. The van der Waals surface area contributed by atoms with Gasteiger partial charge in [-0.15, -0.1) is 0 Å². The van der Waals surface area contributed by atoms with E-state index in [0.29, 0.717) is 10.8 Å². The van der Waals surface area contributed by atoms with Crippen LogP contribution in [-0.4, -0.2) is 5.71 Å². The van der Waals surface area contributed by atoms with Gasteiger partial charge >= 0.3 is 0 Å². The van der Waals surface area contributed by atoms with Crippen LogP contribution in [0.1, 0.15) is 27.7 Å². The molecule has 2 nitrogen and oxygen atoms in total. The normalized spacial score (nSPS) is 12.7. The zero-order valence-electron chi connectivity index (χ0n) is 9.54. The van der Waals surface area contributed by atoms with Crippen LogP contribution in [0.2, 0.25) is 5.02 Å². The molecule has 0 saturated heterocycles. The van der Waals surface area contributed by atoms with E-state index in [1.54, 1.807) is 24.3 Å². The summed E-state index contributed by atoms with van der Waals surface area (Å²) in [5, 5.41) is 4.76. The predicted octanol–water partition coefficient (Wildman–Crippen LogP) is 4.14. The Kier molecular flexibility index (Phi) is 3.75. The molecule has 0 amide bonds. The lowest BCUT2D eigenvalue weighted by atomic mass is 9.91. The molecule has 3 heteroatoms. The number of halogens is 1. The molecule has 1 aromatic rings. The van der Waals surface area contributed by atoms with Crippen LogP contribution in [0, 0.1) is 5.41 Å². The fourth-order valence-corrected chi connectivity index (χ4v) is 0.880. The van der Waals surface area contributed by atoms with E-state index >= 15 is 0 Å². The minimum Gasteiger partial charge on any atom is -0.357 e. The molecule has 0 bridgehead atoms. The summed E-state index contributed by atoms with van der Waals surface area (Å²) in [7, 11) is 0. The molecule has 0 aliphatic rings. The Morgan fingerprint density at radius 2 is 1.73 bits per heavy atom. The number of nitrogens with zero attached hydrogens (tertiary/aromatic N) is 1. The van der Waals surface area contributed by atoms with Crippen molar-refractivity contribution in [2.24, 2.45) is 10.6 Å². The van der Waals surface area contributed by atoms with Crippen molar-refractivity contribution < 1.29 is 4.84 Å². The maximum atomic E-state index is 5.76. The molecule has 0 aromatic heterocycles. The van der Waals surface area contributed by atoms with Gasteiger partial charge in [-0.25, -0.2) is 0 Å². The Hall–Kier alpha value is -1.02. The van der Waals surface area contributed by atoms with Crippen molar-refractivity contribution in [2.45, 2.75) is 27.7 Å². The van der Waals surface area contributed by atoms with Crippen LogP contribution in [0.4, 0.5) is 0 Å². The van der Waals surface area contributed by atoms with Crippen LogP contribution in [0.3, 0.4) is 0 Å². The Bertz CT molecular complexity index is 349. The van der Waals surface area contributed by atoms with Gasteiger partial charge in [0.05, 0.1) is 5.71 Å². The Morgan fingerprint density at radius 3 is 2.20 bits per heavy atom. The van der Waals surface area contributed by atoms with Gasteiger partial charge in [0.25, 0.3) is 0 Å². The van der Waals surface area contributed by atoms with Gasteiger partial charge in [-0.05, 0) is 31.2 Å².